The summed E-state index contributed by atoms with van der Waals surface area (Å²) in [6.45, 7) is 7.66. The number of rotatable bonds is 2. The van der Waals surface area contributed by atoms with Crippen molar-refractivity contribution in [2.24, 2.45) is 11.3 Å². The van der Waals surface area contributed by atoms with Crippen molar-refractivity contribution in [3.63, 3.8) is 0 Å². The molecule has 1 aliphatic heterocycles. The summed E-state index contributed by atoms with van der Waals surface area (Å²) >= 11 is 0. The molecule has 0 spiro atoms. The Bertz CT molecular complexity index is 269. The number of likely N-dealkylation sites (tertiary alicyclic amines) is 1. The quantitative estimate of drug-likeness (QED) is 0.672. The number of nitriles is 1. The van der Waals surface area contributed by atoms with Crippen LogP contribution in [0, 0.1) is 22.7 Å². The predicted molar refractivity (Wildman–Crippen MR) is 54.4 cm³/mol. The van der Waals surface area contributed by atoms with Gasteiger partial charge >= 0.3 is 0 Å². The minimum atomic E-state index is -0.491. The first kappa shape index (κ1) is 11.0. The van der Waals surface area contributed by atoms with E-state index in [-0.39, 0.29) is 11.3 Å². The van der Waals surface area contributed by atoms with Crippen LogP contribution < -0.4 is 0 Å². The van der Waals surface area contributed by atoms with Gasteiger partial charge in [-0.1, -0.05) is 13.8 Å². The molecular weight excluding hydrogens is 176 g/mol. The van der Waals surface area contributed by atoms with E-state index in [0.29, 0.717) is 0 Å². The largest absolute Gasteiger partial charge is 0.341 e. The van der Waals surface area contributed by atoms with Gasteiger partial charge < -0.3 is 4.90 Å². The Morgan fingerprint density at radius 3 is 2.79 bits per heavy atom. The molecule has 1 fully saturated rings. The Morgan fingerprint density at radius 1 is 1.71 bits per heavy atom. The fourth-order valence-electron chi connectivity index (χ4n) is 1.83. The fourth-order valence-corrected chi connectivity index (χ4v) is 1.83. The predicted octanol–water partition coefficient (Wildman–Crippen LogP) is 1.79. The lowest BCUT2D eigenvalue weighted by molar-refractivity contribution is -0.132. The van der Waals surface area contributed by atoms with Gasteiger partial charge in [0.2, 0.25) is 5.91 Å². The molecule has 2 unspecified atom stereocenters. The minimum Gasteiger partial charge on any atom is -0.341 e. The van der Waals surface area contributed by atoms with Crippen LogP contribution in [0.4, 0.5) is 0 Å². The zero-order valence-electron chi connectivity index (χ0n) is 9.21. The fraction of sp³-hybridized carbons (Fsp3) is 0.818. The highest BCUT2D eigenvalue weighted by Gasteiger charge is 2.35. The summed E-state index contributed by atoms with van der Waals surface area (Å²) in [7, 11) is 0. The van der Waals surface area contributed by atoms with Crippen molar-refractivity contribution in [3.05, 3.63) is 0 Å². The zero-order valence-corrected chi connectivity index (χ0v) is 9.21. The molecule has 3 nitrogen and oxygen atoms in total. The Kier molecular flexibility index (Phi) is 3.15. The van der Waals surface area contributed by atoms with E-state index in [4.69, 9.17) is 5.26 Å². The SMILES string of the molecule is CCC1(C)CCN(C(=O)C(C)C#N)C1. The van der Waals surface area contributed by atoms with E-state index < -0.39 is 5.92 Å². The summed E-state index contributed by atoms with van der Waals surface area (Å²) < 4.78 is 0. The zero-order chi connectivity index (χ0) is 10.8. The first-order valence-electron chi connectivity index (χ1n) is 5.21. The Morgan fingerprint density at radius 2 is 2.36 bits per heavy atom. The maximum Gasteiger partial charge on any atom is 0.239 e. The van der Waals surface area contributed by atoms with E-state index in [1.165, 1.54) is 0 Å². The average Bonchev–Trinajstić information content (AvgIpc) is 2.59. The van der Waals surface area contributed by atoms with Crippen LogP contribution in [0.1, 0.15) is 33.6 Å². The Balaban J connectivity index is 2.59. The van der Waals surface area contributed by atoms with E-state index in [2.05, 4.69) is 13.8 Å². The first-order chi connectivity index (χ1) is 6.52. The molecule has 1 heterocycles. The molecule has 14 heavy (non-hydrogen) atoms. The van der Waals surface area contributed by atoms with Gasteiger partial charge in [-0.25, -0.2) is 0 Å². The topological polar surface area (TPSA) is 44.1 Å². The lowest BCUT2D eigenvalue weighted by Crippen LogP contribution is -2.34. The molecule has 1 aliphatic rings. The van der Waals surface area contributed by atoms with E-state index in [1.54, 1.807) is 6.92 Å². The van der Waals surface area contributed by atoms with Gasteiger partial charge in [0.25, 0.3) is 0 Å². The highest BCUT2D eigenvalue weighted by atomic mass is 16.2. The van der Waals surface area contributed by atoms with Crippen molar-refractivity contribution in [2.75, 3.05) is 13.1 Å². The van der Waals surface area contributed by atoms with Crippen molar-refractivity contribution in [2.45, 2.75) is 33.6 Å². The van der Waals surface area contributed by atoms with Crippen LogP contribution in [0.3, 0.4) is 0 Å². The second-order valence-corrected chi connectivity index (χ2v) is 4.52. The molecule has 0 N–H and O–H groups in total. The van der Waals surface area contributed by atoms with Crippen LogP contribution in [0.5, 0.6) is 0 Å². The monoisotopic (exact) mass is 194 g/mol. The summed E-state index contributed by atoms with van der Waals surface area (Å²) in [5.74, 6) is -0.501. The van der Waals surface area contributed by atoms with Gasteiger partial charge in [-0.2, -0.15) is 5.26 Å². The summed E-state index contributed by atoms with van der Waals surface area (Å²) in [6, 6.07) is 2.00. The molecule has 1 saturated heterocycles. The second-order valence-electron chi connectivity index (χ2n) is 4.52. The molecule has 0 bridgehead atoms. The lowest BCUT2D eigenvalue weighted by atomic mass is 9.87. The maximum atomic E-state index is 11.7. The second kappa shape index (κ2) is 4.00. The Hall–Kier alpha value is -1.04. The molecule has 0 saturated carbocycles. The van der Waals surface area contributed by atoms with Crippen LogP contribution in [-0.2, 0) is 4.79 Å². The van der Waals surface area contributed by atoms with Gasteiger partial charge in [0.05, 0.1) is 6.07 Å². The van der Waals surface area contributed by atoms with Gasteiger partial charge in [-0.15, -0.1) is 0 Å². The normalized spacial score (nSPS) is 28.6. The number of hydrogen-bond donors (Lipinski definition) is 0. The van der Waals surface area contributed by atoms with Crippen molar-refractivity contribution in [1.82, 2.24) is 4.90 Å². The highest BCUT2D eigenvalue weighted by molar-refractivity contribution is 5.81. The molecule has 0 aromatic heterocycles. The van der Waals surface area contributed by atoms with E-state index in [9.17, 15) is 4.79 Å². The Labute approximate surface area is 85.7 Å². The van der Waals surface area contributed by atoms with Crippen molar-refractivity contribution >= 4 is 5.91 Å². The van der Waals surface area contributed by atoms with Crippen LogP contribution in [0.25, 0.3) is 0 Å². The van der Waals surface area contributed by atoms with Crippen LogP contribution in [0.15, 0.2) is 0 Å². The third-order valence-electron chi connectivity index (χ3n) is 3.29. The number of carbonyl (C=O) groups excluding carboxylic acids is 1. The van der Waals surface area contributed by atoms with Gasteiger partial charge in [-0.3, -0.25) is 4.79 Å². The lowest BCUT2D eigenvalue weighted by Gasteiger charge is -2.23. The van der Waals surface area contributed by atoms with Crippen LogP contribution in [-0.4, -0.2) is 23.9 Å². The molecule has 0 aromatic rings. The van der Waals surface area contributed by atoms with Gasteiger partial charge in [-0.05, 0) is 25.2 Å². The standard InChI is InChI=1S/C11H18N2O/c1-4-11(3)5-6-13(8-11)10(14)9(2)7-12/h9H,4-6,8H2,1-3H3. The number of hydrogen-bond acceptors (Lipinski definition) is 2. The minimum absolute atomic E-state index is 0.00956. The highest BCUT2D eigenvalue weighted by Crippen LogP contribution is 2.33. The van der Waals surface area contributed by atoms with Gasteiger partial charge in [0, 0.05) is 13.1 Å². The van der Waals surface area contributed by atoms with E-state index in [1.807, 2.05) is 11.0 Å². The van der Waals surface area contributed by atoms with E-state index in [0.717, 1.165) is 25.9 Å². The van der Waals surface area contributed by atoms with Crippen molar-refractivity contribution in [1.29, 1.82) is 5.26 Å². The molecule has 1 amide bonds. The molecule has 2 atom stereocenters. The summed E-state index contributed by atoms with van der Waals surface area (Å²) in [6.07, 6.45) is 2.16. The first-order valence-corrected chi connectivity index (χ1v) is 5.21. The number of carbonyl (C=O) groups is 1. The van der Waals surface area contributed by atoms with Crippen LogP contribution in [0.2, 0.25) is 0 Å². The summed E-state index contributed by atoms with van der Waals surface area (Å²) in [5, 5.41) is 8.66. The maximum absolute atomic E-state index is 11.7. The van der Waals surface area contributed by atoms with Gasteiger partial charge in [0.15, 0.2) is 0 Å². The summed E-state index contributed by atoms with van der Waals surface area (Å²) in [4.78, 5) is 13.5. The smallest absolute Gasteiger partial charge is 0.239 e. The molecule has 78 valence electrons. The average molecular weight is 194 g/mol. The number of amides is 1. The molecular formula is C11H18N2O. The third kappa shape index (κ3) is 2.06. The van der Waals surface area contributed by atoms with Crippen molar-refractivity contribution in [3.8, 4) is 6.07 Å². The van der Waals surface area contributed by atoms with Crippen LogP contribution >= 0.6 is 0 Å². The molecule has 0 aromatic carbocycles. The van der Waals surface area contributed by atoms with E-state index >= 15 is 0 Å². The van der Waals surface area contributed by atoms with Crippen molar-refractivity contribution < 1.29 is 4.79 Å². The molecule has 0 radical (unpaired) electrons. The summed E-state index contributed by atoms with van der Waals surface area (Å²) in [5.41, 5.74) is 0.269. The van der Waals surface area contributed by atoms with Gasteiger partial charge in [0.1, 0.15) is 5.92 Å². The number of nitrogens with zero attached hydrogens (tertiary/aromatic N) is 2. The molecule has 1 rings (SSSR count). The molecule has 3 heteroatoms. The third-order valence-corrected chi connectivity index (χ3v) is 3.29. The molecule has 0 aliphatic carbocycles.